The first-order chi connectivity index (χ1) is 14.1. The summed E-state index contributed by atoms with van der Waals surface area (Å²) < 4.78 is 8.29. The van der Waals surface area contributed by atoms with E-state index in [1.807, 2.05) is 45.9 Å². The van der Waals surface area contributed by atoms with E-state index in [1.165, 1.54) is 17.3 Å². The zero-order chi connectivity index (χ0) is 20.2. The number of ether oxygens (including phenoxy) is 1. The highest BCUT2D eigenvalue weighted by molar-refractivity contribution is 9.10. The number of thioether (sulfide) groups is 1. The van der Waals surface area contributed by atoms with E-state index in [0.717, 1.165) is 21.5 Å². The maximum Gasteiger partial charge on any atom is 0.233 e. The molecule has 150 valence electrons. The summed E-state index contributed by atoms with van der Waals surface area (Å²) in [5.41, 5.74) is 3.10. The molecule has 29 heavy (non-hydrogen) atoms. The van der Waals surface area contributed by atoms with Crippen LogP contribution in [-0.4, -0.2) is 57.6 Å². The number of morpholine rings is 1. The summed E-state index contributed by atoms with van der Waals surface area (Å²) in [7, 11) is 0. The summed E-state index contributed by atoms with van der Waals surface area (Å²) >= 11 is 5.03. The van der Waals surface area contributed by atoms with Gasteiger partial charge in [-0.25, -0.2) is 0 Å². The van der Waals surface area contributed by atoms with E-state index < -0.39 is 0 Å². The van der Waals surface area contributed by atoms with Crippen molar-refractivity contribution >= 4 is 33.6 Å². The van der Waals surface area contributed by atoms with Gasteiger partial charge in [-0.3, -0.25) is 9.36 Å². The normalized spacial score (nSPS) is 14.2. The minimum absolute atomic E-state index is 0.0965. The molecule has 8 heteroatoms. The van der Waals surface area contributed by atoms with Gasteiger partial charge >= 0.3 is 0 Å². The Labute approximate surface area is 182 Å². The SMILES string of the molecule is Cc1ccc(-n2c(SCC(=O)N3CCOCC3)nnc2-c2ccccc2Br)cc1. The van der Waals surface area contributed by atoms with Crippen LogP contribution in [0.4, 0.5) is 0 Å². The van der Waals surface area contributed by atoms with Gasteiger partial charge in [0.1, 0.15) is 0 Å². The predicted octanol–water partition coefficient (Wildman–Crippen LogP) is 3.96. The highest BCUT2D eigenvalue weighted by Crippen LogP contribution is 2.32. The summed E-state index contributed by atoms with van der Waals surface area (Å²) in [4.78, 5) is 14.4. The predicted molar refractivity (Wildman–Crippen MR) is 117 cm³/mol. The van der Waals surface area contributed by atoms with Crippen LogP contribution in [0.2, 0.25) is 0 Å². The number of halogens is 1. The molecule has 0 atom stereocenters. The Hall–Kier alpha value is -2.16. The highest BCUT2D eigenvalue weighted by atomic mass is 79.9. The zero-order valence-electron chi connectivity index (χ0n) is 16.0. The van der Waals surface area contributed by atoms with Crippen molar-refractivity contribution in [3.8, 4) is 17.1 Å². The standard InChI is InChI=1S/C21H21BrN4O2S/c1-15-6-8-16(9-7-15)26-20(17-4-2-3-5-18(17)22)23-24-21(26)29-14-19(27)25-10-12-28-13-11-25/h2-9H,10-14H2,1H3. The molecule has 0 aliphatic carbocycles. The van der Waals surface area contributed by atoms with Gasteiger partial charge in [0.2, 0.25) is 5.91 Å². The number of carbonyl (C=O) groups excluding carboxylic acids is 1. The summed E-state index contributed by atoms with van der Waals surface area (Å²) in [6, 6.07) is 16.2. The van der Waals surface area contributed by atoms with Gasteiger partial charge in [0.05, 0.1) is 19.0 Å². The lowest BCUT2D eigenvalue weighted by Crippen LogP contribution is -2.41. The number of hydrogen-bond acceptors (Lipinski definition) is 5. The monoisotopic (exact) mass is 472 g/mol. The highest BCUT2D eigenvalue weighted by Gasteiger charge is 2.21. The van der Waals surface area contributed by atoms with Crippen molar-refractivity contribution in [2.75, 3.05) is 32.1 Å². The number of amides is 1. The van der Waals surface area contributed by atoms with E-state index in [0.29, 0.717) is 37.2 Å². The van der Waals surface area contributed by atoms with Crippen molar-refractivity contribution in [2.24, 2.45) is 0 Å². The lowest BCUT2D eigenvalue weighted by Gasteiger charge is -2.26. The lowest BCUT2D eigenvalue weighted by atomic mass is 10.2. The van der Waals surface area contributed by atoms with Crippen molar-refractivity contribution in [1.29, 1.82) is 0 Å². The molecule has 2 aromatic carbocycles. The Bertz CT molecular complexity index is 1000. The van der Waals surface area contributed by atoms with Crippen LogP contribution in [0.25, 0.3) is 17.1 Å². The maximum absolute atomic E-state index is 12.6. The molecule has 1 aromatic heterocycles. The van der Waals surface area contributed by atoms with E-state index in [-0.39, 0.29) is 5.91 Å². The van der Waals surface area contributed by atoms with E-state index >= 15 is 0 Å². The fourth-order valence-electron chi connectivity index (χ4n) is 3.14. The van der Waals surface area contributed by atoms with Crippen LogP contribution in [0.5, 0.6) is 0 Å². The molecular formula is C21H21BrN4O2S. The molecule has 1 fully saturated rings. The minimum atomic E-state index is 0.0965. The molecule has 0 saturated carbocycles. The van der Waals surface area contributed by atoms with E-state index in [2.05, 4.69) is 45.2 Å². The summed E-state index contributed by atoms with van der Waals surface area (Å²) in [6.07, 6.45) is 0. The van der Waals surface area contributed by atoms with Gasteiger partial charge in [-0.1, -0.05) is 63.6 Å². The molecule has 1 saturated heterocycles. The molecule has 0 spiro atoms. The molecule has 6 nitrogen and oxygen atoms in total. The number of carbonyl (C=O) groups is 1. The Morgan fingerprint density at radius 2 is 1.83 bits per heavy atom. The average Bonchev–Trinajstić information content (AvgIpc) is 3.17. The molecule has 3 aromatic rings. The number of rotatable bonds is 5. The topological polar surface area (TPSA) is 60.2 Å². The number of aromatic nitrogens is 3. The van der Waals surface area contributed by atoms with E-state index in [1.54, 1.807) is 0 Å². The van der Waals surface area contributed by atoms with Crippen molar-refractivity contribution in [2.45, 2.75) is 12.1 Å². The number of hydrogen-bond donors (Lipinski definition) is 0. The molecule has 4 rings (SSSR count). The van der Waals surface area contributed by atoms with Crippen LogP contribution < -0.4 is 0 Å². The largest absolute Gasteiger partial charge is 0.378 e. The van der Waals surface area contributed by atoms with Crippen LogP contribution in [0.3, 0.4) is 0 Å². The van der Waals surface area contributed by atoms with Gasteiger partial charge in [-0.15, -0.1) is 10.2 Å². The fourth-order valence-corrected chi connectivity index (χ4v) is 4.45. The van der Waals surface area contributed by atoms with Crippen LogP contribution >= 0.6 is 27.7 Å². The third-order valence-electron chi connectivity index (χ3n) is 4.73. The summed E-state index contributed by atoms with van der Waals surface area (Å²) in [5, 5.41) is 9.56. The second-order valence-electron chi connectivity index (χ2n) is 6.74. The Kier molecular flexibility index (Phi) is 6.32. The molecule has 0 N–H and O–H groups in total. The Balaban J connectivity index is 1.66. The first kappa shape index (κ1) is 20.1. The molecule has 1 amide bonds. The summed E-state index contributed by atoms with van der Waals surface area (Å²) in [6.45, 7) is 4.55. The van der Waals surface area contributed by atoms with Crippen molar-refractivity contribution in [1.82, 2.24) is 19.7 Å². The van der Waals surface area contributed by atoms with Crippen molar-refractivity contribution in [3.05, 3.63) is 58.6 Å². The van der Waals surface area contributed by atoms with E-state index in [9.17, 15) is 4.79 Å². The lowest BCUT2D eigenvalue weighted by molar-refractivity contribution is -0.132. The average molecular weight is 473 g/mol. The molecule has 1 aliphatic heterocycles. The first-order valence-corrected chi connectivity index (χ1v) is 11.2. The quantitative estimate of drug-likeness (QED) is 0.526. The molecule has 1 aliphatic rings. The third kappa shape index (κ3) is 4.55. The molecule has 2 heterocycles. The van der Waals surface area contributed by atoms with Gasteiger partial charge in [-0.2, -0.15) is 0 Å². The molecule has 0 bridgehead atoms. The van der Waals surface area contributed by atoms with Gasteiger partial charge in [0.25, 0.3) is 0 Å². The zero-order valence-corrected chi connectivity index (χ0v) is 18.4. The smallest absolute Gasteiger partial charge is 0.233 e. The van der Waals surface area contributed by atoms with Crippen LogP contribution in [-0.2, 0) is 9.53 Å². The van der Waals surface area contributed by atoms with Crippen molar-refractivity contribution in [3.63, 3.8) is 0 Å². The molecule has 0 radical (unpaired) electrons. The van der Waals surface area contributed by atoms with Gasteiger partial charge in [0.15, 0.2) is 11.0 Å². The van der Waals surface area contributed by atoms with Crippen molar-refractivity contribution < 1.29 is 9.53 Å². The number of nitrogens with zero attached hydrogens (tertiary/aromatic N) is 4. The minimum Gasteiger partial charge on any atom is -0.378 e. The van der Waals surface area contributed by atoms with E-state index in [4.69, 9.17) is 4.74 Å². The third-order valence-corrected chi connectivity index (χ3v) is 6.33. The summed E-state index contributed by atoms with van der Waals surface area (Å²) in [5.74, 6) is 1.15. The second-order valence-corrected chi connectivity index (χ2v) is 8.54. The Morgan fingerprint density at radius 3 is 2.55 bits per heavy atom. The van der Waals surface area contributed by atoms with Crippen LogP contribution in [0.15, 0.2) is 58.2 Å². The molecule has 0 unspecified atom stereocenters. The second kappa shape index (κ2) is 9.11. The maximum atomic E-state index is 12.6. The fraction of sp³-hybridized carbons (Fsp3) is 0.286. The molecular weight excluding hydrogens is 452 g/mol. The van der Waals surface area contributed by atoms with Crippen LogP contribution in [0.1, 0.15) is 5.56 Å². The van der Waals surface area contributed by atoms with Gasteiger partial charge in [0, 0.05) is 28.8 Å². The van der Waals surface area contributed by atoms with Gasteiger partial charge in [-0.05, 0) is 25.1 Å². The first-order valence-electron chi connectivity index (χ1n) is 9.39. The van der Waals surface area contributed by atoms with Crippen LogP contribution in [0, 0.1) is 6.92 Å². The number of benzene rings is 2. The number of aryl methyl sites for hydroxylation is 1. The van der Waals surface area contributed by atoms with Gasteiger partial charge < -0.3 is 9.64 Å². The Morgan fingerprint density at radius 1 is 1.10 bits per heavy atom.